The maximum Gasteiger partial charge on any atom is 0.267 e. The van der Waals surface area contributed by atoms with E-state index in [0.29, 0.717) is 0 Å². The van der Waals surface area contributed by atoms with Gasteiger partial charge in [-0.3, -0.25) is 0 Å². The van der Waals surface area contributed by atoms with Crippen LogP contribution >= 0.6 is 0 Å². The van der Waals surface area contributed by atoms with Gasteiger partial charge in [0.05, 0.1) is 17.1 Å². The minimum absolute atomic E-state index is 0.0742. The van der Waals surface area contributed by atoms with E-state index in [1.54, 1.807) is 42.7 Å². The molecular formula is C28H29NO4S. The van der Waals surface area contributed by atoms with Crippen LogP contribution in [0.5, 0.6) is 11.5 Å². The lowest BCUT2D eigenvalue weighted by Gasteiger charge is -2.11. The molecule has 4 aromatic rings. The van der Waals surface area contributed by atoms with Gasteiger partial charge in [-0.15, -0.1) is 0 Å². The molecule has 0 aliphatic heterocycles. The van der Waals surface area contributed by atoms with Crippen LogP contribution in [-0.2, 0) is 10.0 Å². The summed E-state index contributed by atoms with van der Waals surface area (Å²) in [5.74, 6) is 1.54. The molecule has 0 fully saturated rings. The summed E-state index contributed by atoms with van der Waals surface area (Å²) in [5, 5.41) is 0. The van der Waals surface area contributed by atoms with Gasteiger partial charge in [0.15, 0.2) is 0 Å². The van der Waals surface area contributed by atoms with Gasteiger partial charge >= 0.3 is 0 Å². The van der Waals surface area contributed by atoms with Gasteiger partial charge < -0.3 is 9.47 Å². The third-order valence-electron chi connectivity index (χ3n) is 5.20. The average Bonchev–Trinajstić information content (AvgIpc) is 3.26. The van der Waals surface area contributed by atoms with E-state index in [1.807, 2.05) is 76.2 Å². The Morgan fingerprint density at radius 1 is 0.618 bits per heavy atom. The Morgan fingerprint density at radius 2 is 1.03 bits per heavy atom. The molecule has 0 amide bonds. The standard InChI is InChI=1S/C28H29NO4S/c1-20(2)32-24-14-10-22(11-15-24)27-18-29(34(30,31)26-8-6-5-7-9-26)19-28(27)23-12-16-25(17-13-23)33-21(3)4/h5-21H,1-4H3. The summed E-state index contributed by atoms with van der Waals surface area (Å²) in [6, 6.07) is 23.9. The number of hydrogen-bond donors (Lipinski definition) is 0. The Labute approximate surface area is 201 Å². The fourth-order valence-electron chi connectivity index (χ4n) is 3.71. The predicted molar refractivity (Wildman–Crippen MR) is 136 cm³/mol. The Hall–Kier alpha value is -3.51. The number of aromatic nitrogens is 1. The highest BCUT2D eigenvalue weighted by Crippen LogP contribution is 2.36. The lowest BCUT2D eigenvalue weighted by Crippen LogP contribution is -2.10. The summed E-state index contributed by atoms with van der Waals surface area (Å²) in [7, 11) is -3.74. The van der Waals surface area contributed by atoms with Gasteiger partial charge in [0.1, 0.15) is 11.5 Å². The molecule has 6 heteroatoms. The molecule has 34 heavy (non-hydrogen) atoms. The second-order valence-electron chi connectivity index (χ2n) is 8.62. The first kappa shape index (κ1) is 23.6. The molecule has 4 rings (SSSR count). The van der Waals surface area contributed by atoms with E-state index < -0.39 is 10.0 Å². The highest BCUT2D eigenvalue weighted by Gasteiger charge is 2.21. The summed E-state index contributed by atoms with van der Waals surface area (Å²) in [4.78, 5) is 0.240. The lowest BCUT2D eigenvalue weighted by molar-refractivity contribution is 0.242. The zero-order chi connectivity index (χ0) is 24.3. The fraction of sp³-hybridized carbons (Fsp3) is 0.214. The first-order chi connectivity index (χ1) is 16.2. The Morgan fingerprint density at radius 3 is 1.41 bits per heavy atom. The normalized spacial score (nSPS) is 11.7. The van der Waals surface area contributed by atoms with Crippen LogP contribution in [0.3, 0.4) is 0 Å². The van der Waals surface area contributed by atoms with Crippen LogP contribution in [0.2, 0.25) is 0 Å². The maximum absolute atomic E-state index is 13.3. The van der Waals surface area contributed by atoms with Crippen molar-refractivity contribution in [2.24, 2.45) is 0 Å². The topological polar surface area (TPSA) is 57.5 Å². The molecule has 0 saturated heterocycles. The zero-order valence-electron chi connectivity index (χ0n) is 19.8. The minimum atomic E-state index is -3.74. The van der Waals surface area contributed by atoms with Gasteiger partial charge in [-0.1, -0.05) is 42.5 Å². The van der Waals surface area contributed by atoms with E-state index in [1.165, 1.54) is 3.97 Å². The van der Waals surface area contributed by atoms with Crippen LogP contribution in [-0.4, -0.2) is 24.6 Å². The monoisotopic (exact) mass is 475 g/mol. The molecule has 5 nitrogen and oxygen atoms in total. The molecule has 0 N–H and O–H groups in total. The van der Waals surface area contributed by atoms with E-state index in [-0.39, 0.29) is 17.1 Å². The maximum atomic E-state index is 13.3. The van der Waals surface area contributed by atoms with Crippen molar-refractivity contribution in [3.63, 3.8) is 0 Å². The number of ether oxygens (including phenoxy) is 2. The third kappa shape index (κ3) is 5.18. The molecule has 0 aliphatic carbocycles. The number of hydrogen-bond acceptors (Lipinski definition) is 4. The van der Waals surface area contributed by atoms with E-state index in [2.05, 4.69) is 0 Å². The van der Waals surface area contributed by atoms with Gasteiger partial charge in [0.25, 0.3) is 10.0 Å². The smallest absolute Gasteiger partial charge is 0.267 e. The van der Waals surface area contributed by atoms with Gasteiger partial charge in [-0.05, 0) is 75.2 Å². The molecule has 0 unspecified atom stereocenters. The van der Waals surface area contributed by atoms with Gasteiger partial charge in [0, 0.05) is 23.5 Å². The molecule has 0 radical (unpaired) electrons. The molecule has 3 aromatic carbocycles. The quantitative estimate of drug-likeness (QED) is 0.287. The fourth-order valence-corrected chi connectivity index (χ4v) is 4.95. The van der Waals surface area contributed by atoms with Crippen molar-refractivity contribution in [3.05, 3.63) is 91.3 Å². The van der Waals surface area contributed by atoms with E-state index >= 15 is 0 Å². The zero-order valence-corrected chi connectivity index (χ0v) is 20.6. The third-order valence-corrected chi connectivity index (χ3v) is 6.83. The summed E-state index contributed by atoms with van der Waals surface area (Å²) >= 11 is 0. The van der Waals surface area contributed by atoms with Crippen molar-refractivity contribution in [3.8, 4) is 33.8 Å². The van der Waals surface area contributed by atoms with Crippen LogP contribution in [0, 0.1) is 0 Å². The predicted octanol–water partition coefficient (Wildman–Crippen LogP) is 6.63. The van der Waals surface area contributed by atoms with E-state index in [9.17, 15) is 8.42 Å². The second-order valence-corrected chi connectivity index (χ2v) is 10.5. The Kier molecular flexibility index (Phi) is 6.80. The highest BCUT2D eigenvalue weighted by molar-refractivity contribution is 7.90. The van der Waals surface area contributed by atoms with Crippen molar-refractivity contribution in [1.82, 2.24) is 3.97 Å². The summed E-state index contributed by atoms with van der Waals surface area (Å²) < 4.78 is 39.5. The average molecular weight is 476 g/mol. The van der Waals surface area contributed by atoms with Crippen LogP contribution < -0.4 is 9.47 Å². The van der Waals surface area contributed by atoms with Gasteiger partial charge in [0.2, 0.25) is 0 Å². The summed E-state index contributed by atoms with van der Waals surface area (Å²) in [5.41, 5.74) is 3.42. The largest absolute Gasteiger partial charge is 0.491 e. The highest BCUT2D eigenvalue weighted by atomic mass is 32.2. The van der Waals surface area contributed by atoms with Crippen LogP contribution in [0.1, 0.15) is 27.7 Å². The Balaban J connectivity index is 1.80. The molecular weight excluding hydrogens is 446 g/mol. The van der Waals surface area contributed by atoms with E-state index in [4.69, 9.17) is 9.47 Å². The van der Waals surface area contributed by atoms with Crippen molar-refractivity contribution in [2.75, 3.05) is 0 Å². The SMILES string of the molecule is CC(C)Oc1ccc(-c2cn(S(=O)(=O)c3ccccc3)cc2-c2ccc(OC(C)C)cc2)cc1. The summed E-state index contributed by atoms with van der Waals surface area (Å²) in [6.07, 6.45) is 3.50. The number of rotatable bonds is 8. The molecule has 0 saturated carbocycles. The Bertz CT molecular complexity index is 1270. The van der Waals surface area contributed by atoms with Gasteiger partial charge in [-0.25, -0.2) is 12.4 Å². The number of nitrogens with zero attached hydrogens (tertiary/aromatic N) is 1. The van der Waals surface area contributed by atoms with Crippen molar-refractivity contribution in [1.29, 1.82) is 0 Å². The van der Waals surface area contributed by atoms with Crippen LogP contribution in [0.15, 0.2) is 96.2 Å². The first-order valence-electron chi connectivity index (χ1n) is 11.3. The molecule has 1 aromatic heterocycles. The molecule has 0 aliphatic rings. The molecule has 0 spiro atoms. The molecule has 176 valence electrons. The van der Waals surface area contributed by atoms with Crippen molar-refractivity contribution < 1.29 is 17.9 Å². The van der Waals surface area contributed by atoms with Gasteiger partial charge in [-0.2, -0.15) is 0 Å². The lowest BCUT2D eigenvalue weighted by atomic mass is 9.99. The van der Waals surface area contributed by atoms with E-state index in [0.717, 1.165) is 33.8 Å². The van der Waals surface area contributed by atoms with Crippen LogP contribution in [0.25, 0.3) is 22.3 Å². The first-order valence-corrected chi connectivity index (χ1v) is 12.7. The van der Waals surface area contributed by atoms with Crippen LogP contribution in [0.4, 0.5) is 0 Å². The summed E-state index contributed by atoms with van der Waals surface area (Å²) in [6.45, 7) is 7.92. The second kappa shape index (κ2) is 9.77. The van der Waals surface area contributed by atoms with Crippen molar-refractivity contribution >= 4 is 10.0 Å². The molecule has 0 atom stereocenters. The number of benzene rings is 3. The molecule has 0 bridgehead atoms. The van der Waals surface area contributed by atoms with Crippen molar-refractivity contribution in [2.45, 2.75) is 44.8 Å². The molecule has 1 heterocycles. The minimum Gasteiger partial charge on any atom is -0.491 e.